The molecule has 1 amide bonds. The van der Waals surface area contributed by atoms with E-state index in [1.54, 1.807) is 6.07 Å². The normalized spacial score (nSPS) is 10.4. The summed E-state index contributed by atoms with van der Waals surface area (Å²) in [4.78, 5) is 35.4. The van der Waals surface area contributed by atoms with Gasteiger partial charge in [0.15, 0.2) is 11.6 Å². The molecule has 25 heavy (non-hydrogen) atoms. The first-order chi connectivity index (χ1) is 11.8. The highest BCUT2D eigenvalue weighted by molar-refractivity contribution is 5.75. The number of ether oxygens (including phenoxy) is 1. The van der Waals surface area contributed by atoms with Gasteiger partial charge in [0.25, 0.3) is 11.2 Å². The van der Waals surface area contributed by atoms with Crippen molar-refractivity contribution in [3.05, 3.63) is 68.4 Å². The number of amides is 1. The maximum atomic E-state index is 13.7. The van der Waals surface area contributed by atoms with Crippen LogP contribution in [0.1, 0.15) is 5.56 Å². The lowest BCUT2D eigenvalue weighted by atomic mass is 10.2. The van der Waals surface area contributed by atoms with Crippen LogP contribution in [0.5, 0.6) is 5.75 Å². The summed E-state index contributed by atoms with van der Waals surface area (Å²) in [5, 5.41) is 10.8. The van der Waals surface area contributed by atoms with E-state index < -0.39 is 22.2 Å². The van der Waals surface area contributed by atoms with Gasteiger partial charge in [-0.3, -0.25) is 24.3 Å². The van der Waals surface area contributed by atoms with Crippen molar-refractivity contribution >= 4 is 11.6 Å². The number of aromatic nitrogens is 1. The van der Waals surface area contributed by atoms with Gasteiger partial charge in [-0.15, -0.1) is 0 Å². The molecule has 1 aromatic carbocycles. The Bertz CT molecular complexity index is 865. The number of likely N-dealkylation sites (N-methyl/N-ethyl adjacent to an activating group) is 1. The van der Waals surface area contributed by atoms with Crippen molar-refractivity contribution < 1.29 is 18.8 Å². The third-order valence-electron chi connectivity index (χ3n) is 3.55. The van der Waals surface area contributed by atoms with Crippen LogP contribution in [0.15, 0.2) is 41.3 Å². The Labute approximate surface area is 142 Å². The Morgan fingerprint density at radius 3 is 2.68 bits per heavy atom. The van der Waals surface area contributed by atoms with E-state index in [2.05, 4.69) is 0 Å². The summed E-state index contributed by atoms with van der Waals surface area (Å²) in [7, 11) is 2.84. The summed E-state index contributed by atoms with van der Waals surface area (Å²) in [5.74, 6) is -0.893. The highest BCUT2D eigenvalue weighted by Gasteiger charge is 2.14. The molecule has 132 valence electrons. The molecule has 0 bridgehead atoms. The number of carbonyl (C=O) groups excluding carboxylic acids is 1. The minimum absolute atomic E-state index is 0.0980. The summed E-state index contributed by atoms with van der Waals surface area (Å²) < 4.78 is 19.5. The number of rotatable bonds is 6. The van der Waals surface area contributed by atoms with Gasteiger partial charge >= 0.3 is 0 Å². The maximum absolute atomic E-state index is 13.7. The minimum atomic E-state index is -0.649. The number of methoxy groups -OCH3 is 1. The first kappa shape index (κ1) is 18.1. The fraction of sp³-hybridized carbons (Fsp3) is 0.250. The zero-order valence-electron chi connectivity index (χ0n) is 13.6. The predicted molar refractivity (Wildman–Crippen MR) is 86.8 cm³/mol. The SMILES string of the molecule is COc1ccc(CN(C)C(=O)Cn2cc([N+](=O)[O-])ccc2=O)cc1F. The number of nitrogens with zero attached hydrogens (tertiary/aromatic N) is 3. The third kappa shape index (κ3) is 4.40. The van der Waals surface area contributed by atoms with E-state index in [1.807, 2.05) is 0 Å². The number of hydrogen-bond donors (Lipinski definition) is 0. The van der Waals surface area contributed by atoms with Gasteiger partial charge in [0.05, 0.1) is 18.2 Å². The van der Waals surface area contributed by atoms with Crippen LogP contribution >= 0.6 is 0 Å². The summed E-state index contributed by atoms with van der Waals surface area (Å²) in [6.45, 7) is -0.237. The highest BCUT2D eigenvalue weighted by Crippen LogP contribution is 2.18. The second-order valence-corrected chi connectivity index (χ2v) is 5.33. The van der Waals surface area contributed by atoms with Crippen molar-refractivity contribution in [1.82, 2.24) is 9.47 Å². The Morgan fingerprint density at radius 2 is 2.08 bits per heavy atom. The lowest BCUT2D eigenvalue weighted by Gasteiger charge is -2.18. The van der Waals surface area contributed by atoms with E-state index >= 15 is 0 Å². The maximum Gasteiger partial charge on any atom is 0.285 e. The van der Waals surface area contributed by atoms with Crippen molar-refractivity contribution in [2.75, 3.05) is 14.2 Å². The van der Waals surface area contributed by atoms with Crippen molar-refractivity contribution in [1.29, 1.82) is 0 Å². The highest BCUT2D eigenvalue weighted by atomic mass is 19.1. The van der Waals surface area contributed by atoms with Gasteiger partial charge in [0, 0.05) is 25.7 Å². The number of pyridine rings is 1. The lowest BCUT2D eigenvalue weighted by molar-refractivity contribution is -0.385. The topological polar surface area (TPSA) is 94.7 Å². The number of benzene rings is 1. The van der Waals surface area contributed by atoms with Crippen LogP contribution in [0.4, 0.5) is 10.1 Å². The van der Waals surface area contributed by atoms with Crippen LogP contribution in [0.3, 0.4) is 0 Å². The Hall–Kier alpha value is -3.23. The first-order valence-corrected chi connectivity index (χ1v) is 7.23. The van der Waals surface area contributed by atoms with Gasteiger partial charge in [0.2, 0.25) is 5.91 Å². The molecule has 2 rings (SSSR count). The van der Waals surface area contributed by atoms with Crippen LogP contribution in [-0.2, 0) is 17.9 Å². The number of nitro groups is 1. The summed E-state index contributed by atoms with van der Waals surface area (Å²) in [5.41, 5.74) is -0.268. The fourth-order valence-corrected chi connectivity index (χ4v) is 2.19. The van der Waals surface area contributed by atoms with Gasteiger partial charge in [-0.2, -0.15) is 0 Å². The standard InChI is InChI=1S/C16H16FN3O5/c1-18(8-11-3-5-14(25-2)13(17)7-11)16(22)10-19-9-12(20(23)24)4-6-15(19)21/h3-7,9H,8,10H2,1-2H3. The Morgan fingerprint density at radius 1 is 1.36 bits per heavy atom. The van der Waals surface area contributed by atoms with E-state index in [9.17, 15) is 24.1 Å². The van der Waals surface area contributed by atoms with Crippen LogP contribution in [-0.4, -0.2) is 34.5 Å². The molecule has 0 unspecified atom stereocenters. The first-order valence-electron chi connectivity index (χ1n) is 7.23. The quantitative estimate of drug-likeness (QED) is 0.583. The largest absolute Gasteiger partial charge is 0.494 e. The zero-order chi connectivity index (χ0) is 18.6. The van der Waals surface area contributed by atoms with Crippen LogP contribution in [0.2, 0.25) is 0 Å². The average Bonchev–Trinajstić information content (AvgIpc) is 2.56. The molecule has 0 atom stereocenters. The molecule has 2 aromatic rings. The summed E-state index contributed by atoms with van der Waals surface area (Å²) >= 11 is 0. The van der Waals surface area contributed by atoms with Crippen LogP contribution < -0.4 is 10.3 Å². The molecular formula is C16H16FN3O5. The predicted octanol–water partition coefficient (Wildman–Crippen LogP) is 1.56. The van der Waals surface area contributed by atoms with Crippen LogP contribution in [0, 0.1) is 15.9 Å². The van der Waals surface area contributed by atoms with E-state index in [1.165, 1.54) is 31.2 Å². The zero-order valence-corrected chi connectivity index (χ0v) is 13.6. The van der Waals surface area contributed by atoms with E-state index in [4.69, 9.17) is 4.74 Å². The van der Waals surface area contributed by atoms with E-state index in [-0.39, 0.29) is 24.5 Å². The molecular weight excluding hydrogens is 333 g/mol. The van der Waals surface area contributed by atoms with Gasteiger partial charge in [-0.25, -0.2) is 4.39 Å². The molecule has 0 spiro atoms. The molecule has 1 heterocycles. The number of carbonyl (C=O) groups is 1. The van der Waals surface area contributed by atoms with E-state index in [0.717, 1.165) is 22.9 Å². The molecule has 9 heteroatoms. The van der Waals surface area contributed by atoms with Crippen LogP contribution in [0.25, 0.3) is 0 Å². The molecule has 0 aliphatic carbocycles. The second-order valence-electron chi connectivity index (χ2n) is 5.33. The molecule has 0 saturated carbocycles. The molecule has 0 aliphatic heterocycles. The van der Waals surface area contributed by atoms with Gasteiger partial charge < -0.3 is 9.64 Å². The van der Waals surface area contributed by atoms with Gasteiger partial charge in [-0.05, 0) is 17.7 Å². The van der Waals surface area contributed by atoms with Crippen molar-refractivity contribution in [2.45, 2.75) is 13.1 Å². The number of hydrogen-bond acceptors (Lipinski definition) is 5. The van der Waals surface area contributed by atoms with Crippen molar-refractivity contribution in [3.63, 3.8) is 0 Å². The van der Waals surface area contributed by atoms with Gasteiger partial charge in [-0.1, -0.05) is 6.07 Å². The molecule has 0 saturated heterocycles. The van der Waals surface area contributed by atoms with Crippen molar-refractivity contribution in [2.24, 2.45) is 0 Å². The molecule has 8 nitrogen and oxygen atoms in total. The Kier molecular flexibility index (Phi) is 5.48. The van der Waals surface area contributed by atoms with E-state index in [0.29, 0.717) is 5.56 Å². The summed E-state index contributed by atoms with van der Waals surface area (Å²) in [6.07, 6.45) is 1.02. The Balaban J connectivity index is 2.10. The summed E-state index contributed by atoms with van der Waals surface area (Å²) in [6, 6.07) is 6.43. The second kappa shape index (κ2) is 7.56. The molecule has 0 radical (unpaired) electrons. The average molecular weight is 349 g/mol. The number of halogens is 1. The lowest BCUT2D eigenvalue weighted by Crippen LogP contribution is -2.33. The minimum Gasteiger partial charge on any atom is -0.494 e. The molecule has 0 aliphatic rings. The van der Waals surface area contributed by atoms with Crippen molar-refractivity contribution in [3.8, 4) is 5.75 Å². The molecule has 0 N–H and O–H groups in total. The molecule has 0 fully saturated rings. The fourth-order valence-electron chi connectivity index (χ4n) is 2.19. The third-order valence-corrected chi connectivity index (χ3v) is 3.55. The van der Waals surface area contributed by atoms with Gasteiger partial charge in [0.1, 0.15) is 6.54 Å². The molecule has 1 aromatic heterocycles. The smallest absolute Gasteiger partial charge is 0.285 e. The monoisotopic (exact) mass is 349 g/mol.